The van der Waals surface area contributed by atoms with Crippen LogP contribution in [0.4, 0.5) is 4.79 Å². The summed E-state index contributed by atoms with van der Waals surface area (Å²) in [7, 11) is 0. The number of ether oxygens (including phenoxy) is 1. The number of carboxylic acids is 1. The zero-order chi connectivity index (χ0) is 30.4. The highest BCUT2D eigenvalue weighted by molar-refractivity contribution is 5.94. The number of carbonyl (C=O) groups is 3. The lowest BCUT2D eigenvalue weighted by Crippen LogP contribution is -2.63. The van der Waals surface area contributed by atoms with E-state index in [1.165, 1.54) is 11.3 Å². The first kappa shape index (κ1) is 28.9. The average Bonchev–Trinajstić information content (AvgIpc) is 3.62. The second-order valence-electron chi connectivity index (χ2n) is 13.4. The molecular weight excluding hydrogens is 560 g/mol. The Hall–Kier alpha value is -3.89. The van der Waals surface area contributed by atoms with E-state index in [2.05, 4.69) is 10.3 Å². The van der Waals surface area contributed by atoms with Gasteiger partial charge >= 0.3 is 12.1 Å². The number of aromatic amines is 1. The number of amides is 2. The fourth-order valence-electron chi connectivity index (χ4n) is 8.30. The average molecular weight is 601 g/mol. The molecule has 1 aromatic heterocycles. The van der Waals surface area contributed by atoms with Crippen molar-refractivity contribution in [2.75, 3.05) is 6.54 Å². The molecule has 44 heavy (non-hydrogen) atoms. The van der Waals surface area contributed by atoms with Crippen LogP contribution in [0.15, 0.2) is 60.8 Å². The third-order valence-corrected chi connectivity index (χ3v) is 10.2. The highest BCUT2D eigenvalue weighted by atomic mass is 16.7. The Morgan fingerprint density at radius 1 is 0.955 bits per heavy atom. The topological polar surface area (TPSA) is 124 Å². The predicted octanol–water partition coefficient (Wildman–Crippen LogP) is 4.64. The quantitative estimate of drug-likeness (QED) is 0.327. The summed E-state index contributed by atoms with van der Waals surface area (Å²) in [5.74, 6) is -0.164. The van der Waals surface area contributed by atoms with Crippen molar-refractivity contribution in [1.82, 2.24) is 20.3 Å². The lowest BCUT2D eigenvalue weighted by molar-refractivity contribution is -0.228. The number of fused-ring (bicyclic) bond motifs is 1. The molecule has 5 fully saturated rings. The van der Waals surface area contributed by atoms with Crippen LogP contribution >= 0.6 is 0 Å². The highest BCUT2D eigenvalue weighted by Gasteiger charge is 2.51. The van der Waals surface area contributed by atoms with E-state index in [1.807, 2.05) is 65.9 Å². The van der Waals surface area contributed by atoms with Crippen molar-refractivity contribution in [3.05, 3.63) is 71.9 Å². The molecule has 4 heterocycles. The van der Waals surface area contributed by atoms with Gasteiger partial charge in [-0.1, -0.05) is 48.5 Å². The summed E-state index contributed by atoms with van der Waals surface area (Å²) >= 11 is 0. The summed E-state index contributed by atoms with van der Waals surface area (Å²) in [5, 5.41) is 15.9. The molecule has 3 N–H and O–H groups in total. The smallest absolute Gasteiger partial charge is 0.427 e. The summed E-state index contributed by atoms with van der Waals surface area (Å²) in [6, 6.07) is 16.8. The number of nitrogens with zero attached hydrogens (tertiary/aromatic N) is 2. The molecule has 0 unspecified atom stereocenters. The van der Waals surface area contributed by atoms with Gasteiger partial charge in [-0.25, -0.2) is 9.59 Å². The van der Waals surface area contributed by atoms with Crippen molar-refractivity contribution in [2.24, 2.45) is 11.8 Å². The fraction of sp³-hybridized carbons (Fsp3) is 0.500. The Bertz CT molecular complexity index is 1510. The first-order chi connectivity index (χ1) is 21.3. The summed E-state index contributed by atoms with van der Waals surface area (Å²) in [5.41, 5.74) is 1.25. The molecule has 2 aliphatic carbocycles. The maximum Gasteiger partial charge on any atom is 0.427 e. The molecule has 0 radical (unpaired) electrons. The van der Waals surface area contributed by atoms with Gasteiger partial charge in [-0.2, -0.15) is 0 Å². The van der Waals surface area contributed by atoms with Gasteiger partial charge < -0.3 is 29.9 Å². The van der Waals surface area contributed by atoms with E-state index in [1.54, 1.807) is 6.92 Å². The number of carboxylic acid groups (broad SMARTS) is 1. The zero-order valence-electron chi connectivity index (χ0n) is 25.0. The molecule has 10 nitrogen and oxygen atoms in total. The van der Waals surface area contributed by atoms with E-state index in [4.69, 9.17) is 9.57 Å². The van der Waals surface area contributed by atoms with Gasteiger partial charge in [-0.05, 0) is 68.1 Å². The summed E-state index contributed by atoms with van der Waals surface area (Å²) in [6.45, 7) is 2.10. The highest BCUT2D eigenvalue weighted by Crippen LogP contribution is 2.49. The van der Waals surface area contributed by atoms with Crippen LogP contribution in [0, 0.1) is 11.8 Å². The number of carbonyl (C=O) groups excluding carboxylic acids is 2. The minimum Gasteiger partial charge on any atom is -0.480 e. The van der Waals surface area contributed by atoms with Gasteiger partial charge in [0.1, 0.15) is 11.6 Å². The second kappa shape index (κ2) is 11.6. The largest absolute Gasteiger partial charge is 0.480 e. The van der Waals surface area contributed by atoms with Crippen molar-refractivity contribution in [3.8, 4) is 0 Å². The number of H-pyrrole nitrogens is 1. The van der Waals surface area contributed by atoms with Crippen molar-refractivity contribution in [2.45, 2.75) is 88.2 Å². The van der Waals surface area contributed by atoms with Crippen LogP contribution in [0.25, 0.3) is 10.9 Å². The minimum atomic E-state index is -1.48. The van der Waals surface area contributed by atoms with Crippen molar-refractivity contribution in [3.63, 3.8) is 0 Å². The lowest BCUT2D eigenvalue weighted by Gasteiger charge is -2.54. The molecule has 3 saturated heterocycles. The molecule has 2 aromatic carbocycles. The van der Waals surface area contributed by atoms with Crippen molar-refractivity contribution < 1.29 is 29.1 Å². The number of hydrogen-bond donors (Lipinski definition) is 3. The minimum absolute atomic E-state index is 0.113. The van der Waals surface area contributed by atoms with Gasteiger partial charge in [0.15, 0.2) is 0 Å². The van der Waals surface area contributed by atoms with E-state index < -0.39 is 35.7 Å². The van der Waals surface area contributed by atoms with Gasteiger partial charge in [0.25, 0.3) is 0 Å². The van der Waals surface area contributed by atoms with Gasteiger partial charge in [0, 0.05) is 48.6 Å². The predicted molar refractivity (Wildman–Crippen MR) is 162 cm³/mol. The van der Waals surface area contributed by atoms with Crippen molar-refractivity contribution >= 4 is 28.9 Å². The van der Waals surface area contributed by atoms with E-state index in [9.17, 15) is 19.5 Å². The van der Waals surface area contributed by atoms with E-state index >= 15 is 0 Å². The second-order valence-corrected chi connectivity index (χ2v) is 13.4. The molecule has 3 atom stereocenters. The van der Waals surface area contributed by atoms with Crippen LogP contribution in [0.5, 0.6) is 0 Å². The van der Waals surface area contributed by atoms with E-state index in [0.29, 0.717) is 18.4 Å². The van der Waals surface area contributed by atoms with Crippen LogP contribution in [-0.2, 0) is 32.2 Å². The molecular formula is C34H40N4O6. The van der Waals surface area contributed by atoms with Gasteiger partial charge in [-0.3, -0.25) is 4.79 Å². The number of nitrogens with one attached hydrogen (secondary N) is 2. The number of benzene rings is 2. The first-order valence-electron chi connectivity index (χ1n) is 15.8. The number of aromatic nitrogens is 1. The number of aliphatic carboxylic acids is 1. The number of piperidine rings is 2. The number of rotatable bonds is 9. The number of para-hydroxylation sites is 1. The number of hydroxylamine groups is 2. The summed E-state index contributed by atoms with van der Waals surface area (Å²) in [6.07, 6.45) is 6.43. The van der Waals surface area contributed by atoms with Crippen LogP contribution < -0.4 is 5.32 Å². The molecule has 8 rings (SSSR count). The molecule has 5 aliphatic rings. The maximum absolute atomic E-state index is 14.4. The maximum atomic E-state index is 14.4. The Morgan fingerprint density at radius 2 is 1.64 bits per heavy atom. The summed E-state index contributed by atoms with van der Waals surface area (Å²) < 4.78 is 6.08. The van der Waals surface area contributed by atoms with Crippen LogP contribution in [0.2, 0.25) is 0 Å². The molecule has 10 heteroatoms. The fourth-order valence-corrected chi connectivity index (χ4v) is 8.30. The Balaban J connectivity index is 1.12. The molecule has 4 bridgehead atoms. The van der Waals surface area contributed by atoms with Crippen LogP contribution in [0.3, 0.4) is 0 Å². The molecule has 3 aliphatic heterocycles. The van der Waals surface area contributed by atoms with E-state index in [-0.39, 0.29) is 31.5 Å². The zero-order valence-corrected chi connectivity index (χ0v) is 25.0. The third kappa shape index (κ3) is 5.57. The van der Waals surface area contributed by atoms with Crippen LogP contribution in [0.1, 0.15) is 56.6 Å². The lowest BCUT2D eigenvalue weighted by atomic mass is 9.64. The molecule has 3 aromatic rings. The Kier molecular flexibility index (Phi) is 7.58. The normalized spacial score (nSPS) is 29.1. The molecule has 2 saturated carbocycles. The Morgan fingerprint density at radius 3 is 2.34 bits per heavy atom. The number of likely N-dealkylation sites (tertiary alicyclic amines) is 1. The molecule has 2 amide bonds. The van der Waals surface area contributed by atoms with Crippen molar-refractivity contribution in [1.29, 1.82) is 0 Å². The third-order valence-electron chi connectivity index (χ3n) is 10.2. The first-order valence-corrected chi connectivity index (χ1v) is 15.8. The SMILES string of the molecule is C[C@](Cc1c[nH]c2ccccc12)(NC(=O)ON1C2CC3CC(C2)CC1C3)C(=O)N1C[C@H](OCc2ccccc2)C[C@@H]1C(=O)O. The molecule has 0 spiro atoms. The van der Waals surface area contributed by atoms with Gasteiger partial charge in [-0.15, -0.1) is 5.06 Å². The van der Waals surface area contributed by atoms with Crippen LogP contribution in [-0.4, -0.2) is 74.3 Å². The monoisotopic (exact) mass is 600 g/mol. The number of hydrogen-bond acceptors (Lipinski definition) is 6. The standard InChI is InChI=1S/C34H40N4O6/c1-34(17-24-18-35-29-10-6-5-9-28(24)29,36-33(42)44-38-25-12-22-11-23(14-25)15-26(38)13-22)32(41)37-19-27(16-30(37)31(39)40)43-20-21-7-3-2-4-8-21/h2-10,18,22-23,25-27,30,35H,11-17,19-20H2,1H3,(H,36,42)(H,39,40)/t22?,23?,25?,26?,27-,30-,34-/m1/s1. The molecule has 232 valence electrons. The summed E-state index contributed by atoms with van der Waals surface area (Å²) in [4.78, 5) is 51.1. The Labute approximate surface area is 256 Å². The van der Waals surface area contributed by atoms with Gasteiger partial charge in [0.2, 0.25) is 5.91 Å². The van der Waals surface area contributed by atoms with Gasteiger partial charge in [0.05, 0.1) is 12.7 Å². The van der Waals surface area contributed by atoms with E-state index in [0.717, 1.165) is 47.7 Å².